The summed E-state index contributed by atoms with van der Waals surface area (Å²) in [5.74, 6) is 0. The molecule has 1 nitrogen and oxygen atoms in total. The predicted octanol–water partition coefficient (Wildman–Crippen LogP) is 12.0. The number of hydrogen-bond acceptors (Lipinski definition) is 1. The lowest BCUT2D eigenvalue weighted by atomic mass is 9.85. The van der Waals surface area contributed by atoms with E-state index >= 15 is 0 Å². The highest BCUT2D eigenvalue weighted by atomic mass is 16.3. The summed E-state index contributed by atoms with van der Waals surface area (Å²) in [7, 11) is 0. The maximum Gasteiger partial charge on any atom is 0.136 e. The summed E-state index contributed by atoms with van der Waals surface area (Å²) in [5, 5.41) is 0.591. The Morgan fingerprint density at radius 2 is 0.860 bits per heavy atom. The van der Waals surface area contributed by atoms with Gasteiger partial charge >= 0.3 is 0 Å². The summed E-state index contributed by atoms with van der Waals surface area (Å²) in [5.41, 5.74) is -1.32. The quantitative estimate of drug-likeness (QED) is 0.195. The van der Waals surface area contributed by atoms with Crippen molar-refractivity contribution in [2.75, 3.05) is 0 Å². The van der Waals surface area contributed by atoms with Gasteiger partial charge in [0, 0.05) is 10.8 Å². The second kappa shape index (κ2) is 9.44. The number of fused-ring (bicyclic) bond motifs is 6. The molecule has 0 aliphatic heterocycles. The molecule has 8 aromatic carbocycles. The fourth-order valence-electron chi connectivity index (χ4n) is 5.58. The molecule has 1 heterocycles. The van der Waals surface area contributed by atoms with Crippen LogP contribution in [0.25, 0.3) is 87.6 Å². The van der Waals surface area contributed by atoms with Crippen molar-refractivity contribution in [1.29, 1.82) is 0 Å². The lowest BCUT2D eigenvalue weighted by molar-refractivity contribution is 0.669. The Kier molecular flexibility index (Phi) is 2.70. The van der Waals surface area contributed by atoms with Gasteiger partial charge in [0.2, 0.25) is 0 Å². The molecule has 0 bridgehead atoms. The van der Waals surface area contributed by atoms with Gasteiger partial charge in [-0.15, -0.1) is 0 Å². The summed E-state index contributed by atoms with van der Waals surface area (Å²) < 4.78 is 164. The maximum absolute atomic E-state index is 9.59. The predicted molar refractivity (Wildman–Crippen MR) is 183 cm³/mol. The lowest BCUT2D eigenvalue weighted by Crippen LogP contribution is -1.91. The lowest BCUT2D eigenvalue weighted by Gasteiger charge is -2.18. The molecule has 43 heavy (non-hydrogen) atoms. The van der Waals surface area contributed by atoms with Crippen LogP contribution in [0.2, 0.25) is 0 Å². The van der Waals surface area contributed by atoms with Gasteiger partial charge in [0.15, 0.2) is 0 Å². The van der Waals surface area contributed by atoms with Gasteiger partial charge in [-0.2, -0.15) is 0 Å². The summed E-state index contributed by atoms with van der Waals surface area (Å²) in [4.78, 5) is 0. The van der Waals surface area contributed by atoms with Crippen LogP contribution >= 0.6 is 0 Å². The minimum atomic E-state index is -0.714. The summed E-state index contributed by atoms with van der Waals surface area (Å²) in [6, 6.07) is 2.94. The van der Waals surface area contributed by atoms with E-state index in [2.05, 4.69) is 0 Å². The molecule has 1 aromatic heterocycles. The number of hydrogen-bond donors (Lipinski definition) is 0. The van der Waals surface area contributed by atoms with Gasteiger partial charge in [0.05, 0.1) is 24.7 Å². The van der Waals surface area contributed by atoms with E-state index in [4.69, 9.17) is 22.2 Å². The molecular weight excluding hydrogens is 520 g/mol. The van der Waals surface area contributed by atoms with Crippen molar-refractivity contribution in [2.24, 2.45) is 0 Å². The van der Waals surface area contributed by atoms with Crippen LogP contribution in [0.3, 0.4) is 0 Å². The molecule has 0 radical (unpaired) electrons. The van der Waals surface area contributed by atoms with Gasteiger partial charge < -0.3 is 4.42 Å². The molecule has 0 fully saturated rings. The van der Waals surface area contributed by atoms with E-state index in [1.165, 1.54) is 0 Å². The molecule has 9 aromatic rings. The molecular formula is C42H26O. The van der Waals surface area contributed by atoms with Crippen LogP contribution < -0.4 is 0 Å². The Morgan fingerprint density at radius 1 is 0.372 bits per heavy atom. The van der Waals surface area contributed by atoms with Crippen molar-refractivity contribution in [2.45, 2.75) is 0 Å². The Labute approximate surface area is 274 Å². The molecule has 200 valence electrons. The third-order valence-corrected chi connectivity index (χ3v) is 7.44. The second-order valence-electron chi connectivity index (χ2n) is 9.85. The number of furan rings is 1. The molecule has 0 saturated carbocycles. The SMILES string of the molecule is [2H]c1c([2H])c([2H])c(-c2c([2H])c([2H])c3c(oc4c([2H])c(-c5c6ccccc6c(-c6c([2H])c([2H])c7c([2H])c([2H])c([2H])c([2H])c7c6[2H])c6ccccc56)c([2H])c([2H])c43)c2[2H])c([2H])c1[2H]. The standard InChI is InChI=1S/C42H26O/c1-2-10-27(11-3-1)30-20-22-33-34-23-21-32(26-40(34)43-39(33)25-30)42-37-16-8-6-14-35(37)41(36-15-7-9-17-38(36)42)31-19-18-28-12-4-5-13-29(28)24-31/h1-26H/i1D,2D,3D,4D,5D,10D,11D,12D,13D,18D,19D,20D,21D,22D,23D,24D,25D,26D. The van der Waals surface area contributed by atoms with Crippen LogP contribution in [0.5, 0.6) is 0 Å². The van der Waals surface area contributed by atoms with Gasteiger partial charge in [-0.3, -0.25) is 0 Å². The third-order valence-electron chi connectivity index (χ3n) is 7.44. The average Bonchev–Trinajstić information content (AvgIpc) is 3.66. The highest BCUT2D eigenvalue weighted by molar-refractivity contribution is 6.22. The van der Waals surface area contributed by atoms with E-state index in [-0.39, 0.29) is 49.4 Å². The van der Waals surface area contributed by atoms with Crippen molar-refractivity contribution < 1.29 is 29.1 Å². The van der Waals surface area contributed by atoms with Crippen molar-refractivity contribution in [3.8, 4) is 33.4 Å². The minimum Gasteiger partial charge on any atom is -0.456 e. The molecule has 0 N–H and O–H groups in total. The highest BCUT2D eigenvalue weighted by Gasteiger charge is 2.18. The fraction of sp³-hybridized carbons (Fsp3) is 0. The summed E-state index contributed by atoms with van der Waals surface area (Å²) in [6.45, 7) is 0. The van der Waals surface area contributed by atoms with Gasteiger partial charge in [-0.25, -0.2) is 0 Å². The van der Waals surface area contributed by atoms with E-state index < -0.39 is 125 Å². The van der Waals surface area contributed by atoms with Gasteiger partial charge in [0.25, 0.3) is 0 Å². The van der Waals surface area contributed by atoms with Crippen molar-refractivity contribution in [1.82, 2.24) is 0 Å². The molecule has 0 spiro atoms. The smallest absolute Gasteiger partial charge is 0.136 e. The van der Waals surface area contributed by atoms with Crippen LogP contribution in [0.1, 0.15) is 24.7 Å². The molecule has 9 rings (SSSR count). The first-order valence-electron chi connectivity index (χ1n) is 22.3. The van der Waals surface area contributed by atoms with E-state index in [0.29, 0.717) is 21.5 Å². The molecule has 0 aliphatic rings. The van der Waals surface area contributed by atoms with Crippen LogP contribution in [0.4, 0.5) is 0 Å². The average molecular weight is 565 g/mol. The Hall–Kier alpha value is -5.66. The topological polar surface area (TPSA) is 13.1 Å². The monoisotopic (exact) mass is 564 g/mol. The van der Waals surface area contributed by atoms with E-state index in [1.807, 2.05) is 0 Å². The van der Waals surface area contributed by atoms with Gasteiger partial charge in [-0.05, 0) is 95.9 Å². The van der Waals surface area contributed by atoms with E-state index in [1.54, 1.807) is 48.5 Å². The fourth-order valence-corrected chi connectivity index (χ4v) is 5.58. The van der Waals surface area contributed by atoms with Crippen LogP contribution in [-0.4, -0.2) is 0 Å². The second-order valence-corrected chi connectivity index (χ2v) is 9.85. The van der Waals surface area contributed by atoms with E-state index in [9.17, 15) is 6.85 Å². The van der Waals surface area contributed by atoms with Crippen molar-refractivity contribution >= 4 is 54.3 Å². The molecule has 0 amide bonds. The Bertz CT molecular complexity index is 3430. The summed E-state index contributed by atoms with van der Waals surface area (Å²) in [6.07, 6.45) is 0. The van der Waals surface area contributed by atoms with Crippen molar-refractivity contribution in [3.05, 3.63) is 157 Å². The molecule has 0 aliphatic carbocycles. The number of rotatable bonds is 3. The maximum atomic E-state index is 9.59. The molecule has 1 heteroatoms. The van der Waals surface area contributed by atoms with Crippen molar-refractivity contribution in [3.63, 3.8) is 0 Å². The number of benzene rings is 8. The highest BCUT2D eigenvalue weighted by Crippen LogP contribution is 2.45. The third kappa shape index (κ3) is 3.79. The molecule has 0 unspecified atom stereocenters. The van der Waals surface area contributed by atoms with Crippen LogP contribution in [0.15, 0.2) is 162 Å². The normalized spacial score (nSPS) is 17.6. The van der Waals surface area contributed by atoms with Gasteiger partial charge in [0.1, 0.15) is 11.2 Å². The minimum absolute atomic E-state index is 0.0836. The molecule has 0 atom stereocenters. The first-order valence-corrected chi connectivity index (χ1v) is 13.3. The van der Waals surface area contributed by atoms with E-state index in [0.717, 1.165) is 0 Å². The largest absolute Gasteiger partial charge is 0.456 e. The zero-order valence-corrected chi connectivity index (χ0v) is 22.0. The Balaban J connectivity index is 1.40. The first-order chi connectivity index (χ1) is 28.8. The first kappa shape index (κ1) is 12.3. The Morgan fingerprint density at radius 3 is 1.49 bits per heavy atom. The van der Waals surface area contributed by atoms with Crippen LogP contribution in [-0.2, 0) is 0 Å². The zero-order valence-electron chi connectivity index (χ0n) is 40.0. The molecule has 0 saturated heterocycles. The van der Waals surface area contributed by atoms with Crippen LogP contribution in [0, 0.1) is 0 Å². The summed E-state index contributed by atoms with van der Waals surface area (Å²) >= 11 is 0. The zero-order chi connectivity index (χ0) is 44.0. The van der Waals surface area contributed by atoms with Gasteiger partial charge in [-0.1, -0.05) is 127 Å².